The Morgan fingerprint density at radius 1 is 0.964 bits per heavy atom. The number of anilines is 3. The SMILES string of the molecule is CNc1ccc([N+](=O)[O-])cc1C(=O)Nc1ccc(NC(=O)c2ccco2)cc1. The predicted octanol–water partition coefficient (Wildman–Crippen LogP) is 3.73. The molecule has 0 aliphatic rings. The molecule has 9 nitrogen and oxygen atoms in total. The van der Waals surface area contributed by atoms with E-state index in [0.717, 1.165) is 0 Å². The van der Waals surface area contributed by atoms with E-state index in [0.29, 0.717) is 17.1 Å². The minimum atomic E-state index is -0.563. The molecule has 0 bridgehead atoms. The lowest BCUT2D eigenvalue weighted by atomic mass is 10.1. The average Bonchev–Trinajstić information content (AvgIpc) is 3.24. The summed E-state index contributed by atoms with van der Waals surface area (Å²) in [5.41, 5.74) is 1.41. The van der Waals surface area contributed by atoms with Crippen molar-refractivity contribution >= 4 is 34.6 Å². The van der Waals surface area contributed by atoms with Crippen LogP contribution in [0.4, 0.5) is 22.7 Å². The van der Waals surface area contributed by atoms with Gasteiger partial charge in [-0.15, -0.1) is 0 Å². The van der Waals surface area contributed by atoms with Gasteiger partial charge in [-0.2, -0.15) is 0 Å². The first kappa shape index (κ1) is 18.6. The molecule has 0 unspecified atom stereocenters. The maximum atomic E-state index is 12.5. The fraction of sp³-hybridized carbons (Fsp3) is 0.0526. The molecule has 0 aliphatic heterocycles. The Bertz CT molecular complexity index is 1010. The number of nitrogens with one attached hydrogen (secondary N) is 3. The van der Waals surface area contributed by atoms with Gasteiger partial charge in [-0.05, 0) is 42.5 Å². The van der Waals surface area contributed by atoms with E-state index >= 15 is 0 Å². The number of hydrogen-bond donors (Lipinski definition) is 3. The molecule has 0 saturated heterocycles. The van der Waals surface area contributed by atoms with Gasteiger partial charge in [0.25, 0.3) is 17.5 Å². The molecule has 0 atom stereocenters. The largest absolute Gasteiger partial charge is 0.459 e. The van der Waals surface area contributed by atoms with Crippen LogP contribution in [0.2, 0.25) is 0 Å². The van der Waals surface area contributed by atoms with E-state index < -0.39 is 16.7 Å². The molecule has 28 heavy (non-hydrogen) atoms. The van der Waals surface area contributed by atoms with Crippen molar-refractivity contribution in [2.24, 2.45) is 0 Å². The zero-order chi connectivity index (χ0) is 20.1. The Morgan fingerprint density at radius 2 is 1.61 bits per heavy atom. The highest BCUT2D eigenvalue weighted by atomic mass is 16.6. The van der Waals surface area contributed by atoms with Crippen LogP contribution in [0.1, 0.15) is 20.9 Å². The summed E-state index contributed by atoms with van der Waals surface area (Å²) in [4.78, 5) is 34.9. The third-order valence-corrected chi connectivity index (χ3v) is 3.87. The van der Waals surface area contributed by atoms with Crippen molar-refractivity contribution in [3.05, 3.63) is 82.3 Å². The molecule has 3 aromatic rings. The summed E-state index contributed by atoms with van der Waals surface area (Å²) in [6.07, 6.45) is 1.40. The number of carbonyl (C=O) groups excluding carboxylic acids is 2. The summed E-state index contributed by atoms with van der Waals surface area (Å²) < 4.78 is 5.02. The molecule has 0 saturated carbocycles. The highest BCUT2D eigenvalue weighted by molar-refractivity contribution is 6.08. The van der Waals surface area contributed by atoms with E-state index in [-0.39, 0.29) is 17.0 Å². The standard InChI is InChI=1S/C19H16N4O5/c1-20-16-9-8-14(23(26)27)11-15(16)18(24)21-12-4-6-13(7-5-12)22-19(25)17-3-2-10-28-17/h2-11,20H,1H3,(H,21,24)(H,22,25). The quantitative estimate of drug-likeness (QED) is 0.442. The highest BCUT2D eigenvalue weighted by Crippen LogP contribution is 2.23. The van der Waals surface area contributed by atoms with Gasteiger partial charge in [0.05, 0.1) is 16.7 Å². The van der Waals surface area contributed by atoms with Gasteiger partial charge in [0.1, 0.15) is 0 Å². The van der Waals surface area contributed by atoms with E-state index in [2.05, 4.69) is 16.0 Å². The van der Waals surface area contributed by atoms with Gasteiger partial charge in [-0.3, -0.25) is 19.7 Å². The molecule has 0 spiro atoms. The molecule has 0 fully saturated rings. The van der Waals surface area contributed by atoms with Crippen molar-refractivity contribution in [3.8, 4) is 0 Å². The second kappa shape index (κ2) is 8.04. The lowest BCUT2D eigenvalue weighted by Crippen LogP contribution is -2.14. The van der Waals surface area contributed by atoms with Crippen LogP contribution < -0.4 is 16.0 Å². The Balaban J connectivity index is 1.72. The fourth-order valence-corrected chi connectivity index (χ4v) is 2.49. The Morgan fingerprint density at radius 3 is 2.14 bits per heavy atom. The number of non-ortho nitro benzene ring substituents is 1. The maximum Gasteiger partial charge on any atom is 0.291 e. The minimum Gasteiger partial charge on any atom is -0.459 e. The summed E-state index contributed by atoms with van der Waals surface area (Å²) in [5.74, 6) is -0.708. The van der Waals surface area contributed by atoms with Crippen molar-refractivity contribution in [2.75, 3.05) is 23.0 Å². The summed E-state index contributed by atoms with van der Waals surface area (Å²) in [6.45, 7) is 0. The summed E-state index contributed by atoms with van der Waals surface area (Å²) >= 11 is 0. The van der Waals surface area contributed by atoms with Crippen LogP contribution in [-0.2, 0) is 0 Å². The van der Waals surface area contributed by atoms with E-state index in [1.165, 1.54) is 24.5 Å². The highest BCUT2D eigenvalue weighted by Gasteiger charge is 2.16. The third kappa shape index (κ3) is 4.15. The lowest BCUT2D eigenvalue weighted by molar-refractivity contribution is -0.384. The lowest BCUT2D eigenvalue weighted by Gasteiger charge is -2.10. The number of furan rings is 1. The van der Waals surface area contributed by atoms with Crippen LogP contribution in [-0.4, -0.2) is 23.8 Å². The van der Waals surface area contributed by atoms with Crippen molar-refractivity contribution < 1.29 is 18.9 Å². The minimum absolute atomic E-state index is 0.145. The predicted molar refractivity (Wildman–Crippen MR) is 104 cm³/mol. The summed E-state index contributed by atoms with van der Waals surface area (Å²) in [5, 5.41) is 19.1. The zero-order valence-electron chi connectivity index (χ0n) is 14.8. The number of hydrogen-bond acceptors (Lipinski definition) is 6. The van der Waals surface area contributed by atoms with Crippen LogP contribution >= 0.6 is 0 Å². The molecule has 2 aromatic carbocycles. The van der Waals surface area contributed by atoms with Crippen LogP contribution in [0.5, 0.6) is 0 Å². The van der Waals surface area contributed by atoms with Crippen molar-refractivity contribution in [1.29, 1.82) is 0 Å². The summed E-state index contributed by atoms with van der Waals surface area (Å²) in [7, 11) is 1.62. The normalized spacial score (nSPS) is 10.2. The Kier molecular flexibility index (Phi) is 5.35. The number of rotatable bonds is 6. The van der Waals surface area contributed by atoms with E-state index in [4.69, 9.17) is 4.42 Å². The summed E-state index contributed by atoms with van der Waals surface area (Å²) in [6, 6.07) is 13.6. The molecular weight excluding hydrogens is 364 g/mol. The molecule has 142 valence electrons. The second-order valence-corrected chi connectivity index (χ2v) is 5.70. The first-order chi connectivity index (χ1) is 13.5. The van der Waals surface area contributed by atoms with E-state index in [1.807, 2.05) is 0 Å². The van der Waals surface area contributed by atoms with Gasteiger partial charge in [-0.25, -0.2) is 0 Å². The van der Waals surface area contributed by atoms with Gasteiger partial charge >= 0.3 is 0 Å². The van der Waals surface area contributed by atoms with Crippen LogP contribution in [0, 0.1) is 10.1 Å². The second-order valence-electron chi connectivity index (χ2n) is 5.70. The maximum absolute atomic E-state index is 12.5. The Hall–Kier alpha value is -4.14. The average molecular weight is 380 g/mol. The topological polar surface area (TPSA) is 127 Å². The number of nitro groups is 1. The third-order valence-electron chi connectivity index (χ3n) is 3.87. The number of nitro benzene ring substituents is 1. The smallest absolute Gasteiger partial charge is 0.291 e. The molecule has 0 aliphatic carbocycles. The van der Waals surface area contributed by atoms with Crippen molar-refractivity contribution in [3.63, 3.8) is 0 Å². The van der Waals surface area contributed by atoms with Crippen LogP contribution in [0.3, 0.4) is 0 Å². The van der Waals surface area contributed by atoms with Crippen molar-refractivity contribution in [1.82, 2.24) is 0 Å². The number of nitrogens with zero attached hydrogens (tertiary/aromatic N) is 1. The van der Waals surface area contributed by atoms with Gasteiger partial charge < -0.3 is 20.4 Å². The molecule has 1 aromatic heterocycles. The molecule has 2 amide bonds. The molecule has 1 heterocycles. The van der Waals surface area contributed by atoms with Gasteiger partial charge in [-0.1, -0.05) is 0 Å². The molecular formula is C19H16N4O5. The molecule has 0 radical (unpaired) electrons. The zero-order valence-corrected chi connectivity index (χ0v) is 14.8. The van der Waals surface area contributed by atoms with Crippen LogP contribution in [0.15, 0.2) is 65.3 Å². The number of amides is 2. The number of carbonyl (C=O) groups is 2. The molecule has 3 rings (SSSR count). The van der Waals surface area contributed by atoms with Gasteiger partial charge in [0.15, 0.2) is 5.76 Å². The van der Waals surface area contributed by atoms with Gasteiger partial charge in [0, 0.05) is 36.2 Å². The van der Waals surface area contributed by atoms with E-state index in [9.17, 15) is 19.7 Å². The van der Waals surface area contributed by atoms with Crippen LogP contribution in [0.25, 0.3) is 0 Å². The molecule has 3 N–H and O–H groups in total. The van der Waals surface area contributed by atoms with Gasteiger partial charge in [0.2, 0.25) is 0 Å². The number of benzene rings is 2. The fourth-order valence-electron chi connectivity index (χ4n) is 2.49. The van der Waals surface area contributed by atoms with E-state index in [1.54, 1.807) is 43.4 Å². The first-order valence-electron chi connectivity index (χ1n) is 8.20. The first-order valence-corrected chi connectivity index (χ1v) is 8.20. The molecule has 9 heteroatoms. The van der Waals surface area contributed by atoms with Crippen molar-refractivity contribution in [2.45, 2.75) is 0 Å². The Labute approximate surface area is 159 Å². The monoisotopic (exact) mass is 380 g/mol.